The van der Waals surface area contributed by atoms with E-state index in [1.54, 1.807) is 18.2 Å². The molecule has 1 atom stereocenters. The lowest BCUT2D eigenvalue weighted by Gasteiger charge is -2.13. The third-order valence-corrected chi connectivity index (χ3v) is 2.30. The summed E-state index contributed by atoms with van der Waals surface area (Å²) in [6, 6.07) is 4.30. The lowest BCUT2D eigenvalue weighted by atomic mass is 10.1. The maximum Gasteiger partial charge on any atom is 0.327 e. The molecular weight excluding hydrogens is 222 g/mol. The molecule has 0 radical (unpaired) electrons. The maximum absolute atomic E-state index is 11.3. The number of benzene rings is 1. The summed E-state index contributed by atoms with van der Waals surface area (Å²) in [5, 5.41) is 0. The molecule has 94 valence electrons. The zero-order chi connectivity index (χ0) is 12.8. The Labute approximate surface area is 100 Å². The minimum atomic E-state index is -0.815. The summed E-state index contributed by atoms with van der Waals surface area (Å²) < 4.78 is 15.1. The second-order valence-corrected chi connectivity index (χ2v) is 3.34. The average Bonchev–Trinajstić information content (AvgIpc) is 2.37. The second-order valence-electron chi connectivity index (χ2n) is 3.34. The van der Waals surface area contributed by atoms with Crippen LogP contribution in [-0.4, -0.2) is 26.8 Å². The zero-order valence-corrected chi connectivity index (χ0v) is 10.2. The van der Waals surface area contributed by atoms with E-state index in [0.29, 0.717) is 23.7 Å². The van der Waals surface area contributed by atoms with Crippen molar-refractivity contribution < 1.29 is 19.0 Å². The zero-order valence-electron chi connectivity index (χ0n) is 10.2. The van der Waals surface area contributed by atoms with Crippen LogP contribution in [0.25, 0.3) is 0 Å². The number of methoxy groups -OCH3 is 2. The van der Waals surface area contributed by atoms with Gasteiger partial charge in [0, 0.05) is 0 Å². The summed E-state index contributed by atoms with van der Waals surface area (Å²) in [4.78, 5) is 11.3. The van der Waals surface area contributed by atoms with Crippen molar-refractivity contribution in [2.24, 2.45) is 5.73 Å². The second kappa shape index (κ2) is 6.10. The third kappa shape index (κ3) is 3.10. The first-order valence-corrected chi connectivity index (χ1v) is 5.28. The Kier molecular flexibility index (Phi) is 4.78. The molecule has 0 bridgehead atoms. The molecule has 1 aromatic rings. The molecule has 0 aromatic heterocycles. The topological polar surface area (TPSA) is 70.8 Å². The van der Waals surface area contributed by atoms with Gasteiger partial charge in [-0.3, -0.25) is 4.79 Å². The number of carbonyl (C=O) groups excluding carboxylic acids is 1. The van der Waals surface area contributed by atoms with Gasteiger partial charge in [0.25, 0.3) is 0 Å². The fourth-order valence-electron chi connectivity index (χ4n) is 1.42. The molecule has 5 nitrogen and oxygen atoms in total. The molecule has 0 spiro atoms. The van der Waals surface area contributed by atoms with Crippen LogP contribution < -0.4 is 15.2 Å². The molecule has 5 heteroatoms. The molecule has 0 saturated carbocycles. The Morgan fingerprint density at radius 3 is 2.59 bits per heavy atom. The van der Waals surface area contributed by atoms with Crippen molar-refractivity contribution in [1.82, 2.24) is 0 Å². The van der Waals surface area contributed by atoms with Crippen molar-refractivity contribution >= 4 is 5.97 Å². The molecule has 0 aliphatic rings. The number of rotatable bonds is 5. The lowest BCUT2D eigenvalue weighted by Crippen LogP contribution is -2.22. The highest BCUT2D eigenvalue weighted by molar-refractivity contribution is 5.77. The van der Waals surface area contributed by atoms with E-state index in [2.05, 4.69) is 4.74 Å². The first-order valence-electron chi connectivity index (χ1n) is 5.28. The summed E-state index contributed by atoms with van der Waals surface area (Å²) >= 11 is 0. The van der Waals surface area contributed by atoms with Crippen molar-refractivity contribution in [2.45, 2.75) is 13.0 Å². The summed E-state index contributed by atoms with van der Waals surface area (Å²) in [5.74, 6) is 0.677. The highest BCUT2D eigenvalue weighted by atomic mass is 16.5. The minimum absolute atomic E-state index is 0.490. The lowest BCUT2D eigenvalue weighted by molar-refractivity contribution is -0.142. The number of hydrogen-bond donors (Lipinski definition) is 1. The fraction of sp³-hybridized carbons (Fsp3) is 0.417. The van der Waals surface area contributed by atoms with Gasteiger partial charge in [0.2, 0.25) is 0 Å². The molecule has 2 N–H and O–H groups in total. The van der Waals surface area contributed by atoms with E-state index < -0.39 is 12.0 Å². The van der Waals surface area contributed by atoms with Crippen LogP contribution in [-0.2, 0) is 9.53 Å². The van der Waals surface area contributed by atoms with Gasteiger partial charge < -0.3 is 19.9 Å². The Hall–Kier alpha value is -1.75. The Balaban J connectivity index is 3.00. The first-order chi connectivity index (χ1) is 8.13. The van der Waals surface area contributed by atoms with Crippen molar-refractivity contribution in [2.75, 3.05) is 20.8 Å². The van der Waals surface area contributed by atoms with Gasteiger partial charge in [-0.2, -0.15) is 0 Å². The standard InChI is InChI=1S/C12H17NO4/c1-4-17-9-6-5-8(7-10(9)15-2)11(13)12(14)16-3/h5-7,11H,4,13H2,1-3H3. The largest absolute Gasteiger partial charge is 0.493 e. The molecule has 0 aliphatic heterocycles. The van der Waals surface area contributed by atoms with E-state index >= 15 is 0 Å². The summed E-state index contributed by atoms with van der Waals surface area (Å²) in [6.45, 7) is 2.42. The molecule has 1 rings (SSSR count). The Morgan fingerprint density at radius 2 is 2.06 bits per heavy atom. The van der Waals surface area contributed by atoms with Gasteiger partial charge in [0.1, 0.15) is 6.04 Å². The normalized spacial score (nSPS) is 11.8. The maximum atomic E-state index is 11.3. The van der Waals surface area contributed by atoms with Crippen molar-refractivity contribution in [3.05, 3.63) is 23.8 Å². The van der Waals surface area contributed by atoms with Crippen molar-refractivity contribution in [3.8, 4) is 11.5 Å². The summed E-state index contributed by atoms with van der Waals surface area (Å²) in [7, 11) is 2.83. The van der Waals surface area contributed by atoms with E-state index in [9.17, 15) is 4.79 Å². The SMILES string of the molecule is CCOc1ccc(C(N)C(=O)OC)cc1OC. The summed E-state index contributed by atoms with van der Waals surface area (Å²) in [5.41, 5.74) is 6.35. The average molecular weight is 239 g/mol. The minimum Gasteiger partial charge on any atom is -0.493 e. The van der Waals surface area contributed by atoms with E-state index in [0.717, 1.165) is 0 Å². The van der Waals surface area contributed by atoms with Gasteiger partial charge in [-0.1, -0.05) is 6.07 Å². The molecular formula is C12H17NO4. The number of carbonyl (C=O) groups is 1. The van der Waals surface area contributed by atoms with Crippen molar-refractivity contribution in [3.63, 3.8) is 0 Å². The Morgan fingerprint density at radius 1 is 1.35 bits per heavy atom. The highest BCUT2D eigenvalue weighted by Gasteiger charge is 2.18. The van der Waals surface area contributed by atoms with Crippen LogP contribution in [0.3, 0.4) is 0 Å². The van der Waals surface area contributed by atoms with Crippen LogP contribution >= 0.6 is 0 Å². The predicted molar refractivity (Wildman–Crippen MR) is 63.1 cm³/mol. The molecule has 1 aromatic carbocycles. The van der Waals surface area contributed by atoms with E-state index in [-0.39, 0.29) is 0 Å². The van der Waals surface area contributed by atoms with Crippen LogP contribution in [0, 0.1) is 0 Å². The molecule has 0 aliphatic carbocycles. The van der Waals surface area contributed by atoms with Crippen LogP contribution in [0.5, 0.6) is 11.5 Å². The number of ether oxygens (including phenoxy) is 3. The smallest absolute Gasteiger partial charge is 0.327 e. The molecule has 0 saturated heterocycles. The molecule has 0 amide bonds. The van der Waals surface area contributed by atoms with E-state index in [1.165, 1.54) is 14.2 Å². The Bertz CT molecular complexity index is 392. The number of esters is 1. The van der Waals surface area contributed by atoms with Crippen LogP contribution in [0.1, 0.15) is 18.5 Å². The highest BCUT2D eigenvalue weighted by Crippen LogP contribution is 2.30. The van der Waals surface area contributed by atoms with Crippen LogP contribution in [0.15, 0.2) is 18.2 Å². The monoisotopic (exact) mass is 239 g/mol. The van der Waals surface area contributed by atoms with Gasteiger partial charge >= 0.3 is 5.97 Å². The van der Waals surface area contributed by atoms with Gasteiger partial charge in [-0.05, 0) is 24.6 Å². The van der Waals surface area contributed by atoms with Gasteiger partial charge in [0.15, 0.2) is 11.5 Å². The first kappa shape index (κ1) is 13.3. The van der Waals surface area contributed by atoms with Gasteiger partial charge in [-0.25, -0.2) is 0 Å². The van der Waals surface area contributed by atoms with Crippen molar-refractivity contribution in [1.29, 1.82) is 0 Å². The molecule has 0 fully saturated rings. The molecule has 1 unspecified atom stereocenters. The van der Waals surface area contributed by atoms with E-state index in [4.69, 9.17) is 15.2 Å². The molecule has 0 heterocycles. The van der Waals surface area contributed by atoms with Gasteiger partial charge in [-0.15, -0.1) is 0 Å². The van der Waals surface area contributed by atoms with Crippen LogP contribution in [0.4, 0.5) is 0 Å². The van der Waals surface area contributed by atoms with E-state index in [1.807, 2.05) is 6.92 Å². The van der Waals surface area contributed by atoms with Gasteiger partial charge in [0.05, 0.1) is 20.8 Å². The number of hydrogen-bond acceptors (Lipinski definition) is 5. The third-order valence-electron chi connectivity index (χ3n) is 2.30. The summed E-state index contributed by atoms with van der Waals surface area (Å²) in [6.07, 6.45) is 0. The molecule has 17 heavy (non-hydrogen) atoms. The quantitative estimate of drug-likeness (QED) is 0.783. The number of nitrogens with two attached hydrogens (primary N) is 1. The predicted octanol–water partition coefficient (Wildman–Crippen LogP) is 1.27. The fourth-order valence-corrected chi connectivity index (χ4v) is 1.42. The van der Waals surface area contributed by atoms with Crippen LogP contribution in [0.2, 0.25) is 0 Å².